The number of ether oxygens (including phenoxy) is 2. The molecule has 2 rings (SSSR count). The summed E-state index contributed by atoms with van der Waals surface area (Å²) in [5, 5.41) is 2.58. The Morgan fingerprint density at radius 3 is 2.32 bits per heavy atom. The molecule has 0 heterocycles. The Morgan fingerprint density at radius 2 is 1.71 bits per heavy atom. The van der Waals surface area contributed by atoms with E-state index in [1.165, 1.54) is 0 Å². The molecule has 168 valence electrons. The van der Waals surface area contributed by atoms with Crippen molar-refractivity contribution in [2.24, 2.45) is 5.73 Å². The average molecular weight is 450 g/mol. The molecule has 31 heavy (non-hydrogen) atoms. The number of carbonyl (C=O) groups excluding carboxylic acids is 2. The first-order valence-electron chi connectivity index (χ1n) is 9.63. The van der Waals surface area contributed by atoms with Gasteiger partial charge in [0.2, 0.25) is 15.9 Å². The number of sulfonamides is 1. The van der Waals surface area contributed by atoms with Crippen LogP contribution in [0.5, 0.6) is 5.75 Å². The van der Waals surface area contributed by atoms with Crippen LogP contribution >= 0.6 is 0 Å². The van der Waals surface area contributed by atoms with Crippen LogP contribution < -0.4 is 20.5 Å². The van der Waals surface area contributed by atoms with Gasteiger partial charge in [-0.05, 0) is 29.7 Å². The van der Waals surface area contributed by atoms with Crippen LogP contribution in [0.3, 0.4) is 0 Å². The number of benzene rings is 2. The van der Waals surface area contributed by atoms with Gasteiger partial charge in [0, 0.05) is 13.1 Å². The molecule has 0 spiro atoms. The summed E-state index contributed by atoms with van der Waals surface area (Å²) in [6, 6.07) is 15.0. The highest BCUT2D eigenvalue weighted by Gasteiger charge is 2.22. The van der Waals surface area contributed by atoms with E-state index in [0.29, 0.717) is 11.3 Å². The van der Waals surface area contributed by atoms with E-state index in [1.807, 2.05) is 30.3 Å². The molecule has 0 saturated carbocycles. The molecule has 0 aliphatic heterocycles. The van der Waals surface area contributed by atoms with Crippen molar-refractivity contribution in [2.45, 2.75) is 19.1 Å². The fourth-order valence-corrected chi connectivity index (χ4v) is 3.35. The molecular weight excluding hydrogens is 422 g/mol. The van der Waals surface area contributed by atoms with Crippen LogP contribution in [0.25, 0.3) is 0 Å². The maximum atomic E-state index is 12.2. The molecule has 9 nitrogen and oxygen atoms in total. The van der Waals surface area contributed by atoms with Gasteiger partial charge in [0.1, 0.15) is 18.4 Å². The number of amides is 1. The molecule has 0 aliphatic rings. The van der Waals surface area contributed by atoms with Gasteiger partial charge in [-0.25, -0.2) is 17.9 Å². The van der Waals surface area contributed by atoms with Crippen molar-refractivity contribution in [3.63, 3.8) is 0 Å². The normalized spacial score (nSPS) is 12.1. The Hall–Kier alpha value is -2.95. The summed E-state index contributed by atoms with van der Waals surface area (Å²) in [6.45, 7) is 0.417. The smallest absolute Gasteiger partial charge is 0.344 e. The lowest BCUT2D eigenvalue weighted by Crippen LogP contribution is -2.48. The van der Waals surface area contributed by atoms with Crippen LogP contribution in [-0.4, -0.2) is 52.3 Å². The third kappa shape index (κ3) is 9.60. The van der Waals surface area contributed by atoms with Gasteiger partial charge in [-0.2, -0.15) is 0 Å². The van der Waals surface area contributed by atoms with Gasteiger partial charge in [-0.3, -0.25) is 4.79 Å². The van der Waals surface area contributed by atoms with Crippen LogP contribution in [0.1, 0.15) is 11.1 Å². The largest absolute Gasteiger partial charge is 0.482 e. The van der Waals surface area contributed by atoms with E-state index >= 15 is 0 Å². The van der Waals surface area contributed by atoms with Crippen molar-refractivity contribution >= 4 is 21.9 Å². The molecule has 2 aromatic carbocycles. The lowest BCUT2D eigenvalue weighted by molar-refractivity contribution is -0.147. The Labute approximate surface area is 182 Å². The number of hydrogen-bond donors (Lipinski definition) is 3. The summed E-state index contributed by atoms with van der Waals surface area (Å²) in [7, 11) is -3.58. The topological polar surface area (TPSA) is 137 Å². The number of carbonyl (C=O) groups is 2. The van der Waals surface area contributed by atoms with Crippen molar-refractivity contribution in [1.29, 1.82) is 0 Å². The maximum absolute atomic E-state index is 12.2. The van der Waals surface area contributed by atoms with E-state index in [9.17, 15) is 18.0 Å². The molecule has 1 atom stereocenters. The molecule has 4 N–H and O–H groups in total. The first-order valence-corrected chi connectivity index (χ1v) is 11.5. The molecule has 10 heteroatoms. The molecule has 0 aromatic heterocycles. The van der Waals surface area contributed by atoms with E-state index in [1.54, 1.807) is 24.3 Å². The molecule has 1 unspecified atom stereocenters. The minimum atomic E-state index is -3.58. The lowest BCUT2D eigenvalue weighted by atomic mass is 10.1. The van der Waals surface area contributed by atoms with Gasteiger partial charge < -0.3 is 20.5 Å². The van der Waals surface area contributed by atoms with Gasteiger partial charge in [-0.1, -0.05) is 42.5 Å². The second-order valence-electron chi connectivity index (χ2n) is 6.81. The van der Waals surface area contributed by atoms with Crippen LogP contribution in [-0.2, 0) is 37.4 Å². The number of esters is 1. The van der Waals surface area contributed by atoms with Crippen LogP contribution in [0.4, 0.5) is 0 Å². The van der Waals surface area contributed by atoms with Gasteiger partial charge in [0.05, 0.1) is 6.26 Å². The van der Waals surface area contributed by atoms with Crippen molar-refractivity contribution in [3.8, 4) is 5.75 Å². The van der Waals surface area contributed by atoms with E-state index in [2.05, 4.69) is 10.0 Å². The second-order valence-corrected chi connectivity index (χ2v) is 8.59. The zero-order chi connectivity index (χ0) is 22.7. The quantitative estimate of drug-likeness (QED) is 0.398. The lowest BCUT2D eigenvalue weighted by Gasteiger charge is -2.17. The third-order valence-corrected chi connectivity index (χ3v) is 4.79. The van der Waals surface area contributed by atoms with Crippen molar-refractivity contribution in [1.82, 2.24) is 10.0 Å². The predicted octanol–water partition coefficient (Wildman–Crippen LogP) is 0.344. The number of nitrogens with one attached hydrogen (secondary N) is 2. The number of hydrogen-bond acceptors (Lipinski definition) is 7. The molecule has 0 aliphatic carbocycles. The van der Waals surface area contributed by atoms with Crippen molar-refractivity contribution < 1.29 is 27.5 Å². The summed E-state index contributed by atoms with van der Waals surface area (Å²) in [5.41, 5.74) is 6.97. The molecular formula is C21H27N3O6S. The standard InChI is InChI=1S/C21H27N3O6S/c1-31(27,28)24-19(21(26)23-12-11-22)13-16-7-9-18(10-8-16)29-15-20(25)30-14-17-5-3-2-4-6-17/h2-10,19,24H,11-15,22H2,1H3,(H,23,26). The van der Waals surface area contributed by atoms with Crippen LogP contribution in [0, 0.1) is 0 Å². The van der Waals surface area contributed by atoms with Gasteiger partial charge in [-0.15, -0.1) is 0 Å². The zero-order valence-electron chi connectivity index (χ0n) is 17.2. The van der Waals surface area contributed by atoms with Gasteiger partial charge >= 0.3 is 5.97 Å². The predicted molar refractivity (Wildman–Crippen MR) is 116 cm³/mol. The monoisotopic (exact) mass is 449 g/mol. The minimum Gasteiger partial charge on any atom is -0.482 e. The van der Waals surface area contributed by atoms with E-state index in [-0.39, 0.29) is 32.7 Å². The summed E-state index contributed by atoms with van der Waals surface area (Å²) < 4.78 is 36.0. The number of nitrogens with two attached hydrogens (primary N) is 1. The molecule has 0 radical (unpaired) electrons. The Bertz CT molecular complexity index is 949. The average Bonchev–Trinajstić information content (AvgIpc) is 2.75. The maximum Gasteiger partial charge on any atom is 0.344 e. The molecule has 0 saturated heterocycles. The SMILES string of the molecule is CS(=O)(=O)NC(Cc1ccc(OCC(=O)OCc2ccccc2)cc1)C(=O)NCCN. The summed E-state index contributed by atoms with van der Waals surface area (Å²) in [5.74, 6) is -0.514. The zero-order valence-corrected chi connectivity index (χ0v) is 18.1. The minimum absolute atomic E-state index is 0.142. The summed E-state index contributed by atoms with van der Waals surface area (Å²) >= 11 is 0. The highest BCUT2D eigenvalue weighted by atomic mass is 32.2. The summed E-state index contributed by atoms with van der Waals surface area (Å²) in [6.07, 6.45) is 1.13. The molecule has 2 aromatic rings. The van der Waals surface area contributed by atoms with Crippen molar-refractivity contribution in [2.75, 3.05) is 26.0 Å². The Balaban J connectivity index is 1.87. The Kier molecular flexibility index (Phi) is 9.44. The highest BCUT2D eigenvalue weighted by molar-refractivity contribution is 7.88. The molecule has 0 fully saturated rings. The van der Waals surface area contributed by atoms with Crippen molar-refractivity contribution in [3.05, 3.63) is 65.7 Å². The third-order valence-electron chi connectivity index (χ3n) is 4.08. The first kappa shape index (κ1) is 24.3. The Morgan fingerprint density at radius 1 is 1.03 bits per heavy atom. The molecule has 1 amide bonds. The number of rotatable bonds is 12. The van der Waals surface area contributed by atoms with Gasteiger partial charge in [0.15, 0.2) is 6.61 Å². The van der Waals surface area contributed by atoms with E-state index < -0.39 is 27.9 Å². The highest BCUT2D eigenvalue weighted by Crippen LogP contribution is 2.14. The van der Waals surface area contributed by atoms with Crippen LogP contribution in [0.15, 0.2) is 54.6 Å². The summed E-state index contributed by atoms with van der Waals surface area (Å²) in [4.78, 5) is 24.1. The first-order chi connectivity index (χ1) is 14.8. The van der Waals surface area contributed by atoms with E-state index in [0.717, 1.165) is 11.8 Å². The van der Waals surface area contributed by atoms with Crippen LogP contribution in [0.2, 0.25) is 0 Å². The van der Waals surface area contributed by atoms with Gasteiger partial charge in [0.25, 0.3) is 0 Å². The molecule has 0 bridgehead atoms. The fourth-order valence-electron chi connectivity index (χ4n) is 2.64. The second kappa shape index (κ2) is 12.0. The fraction of sp³-hybridized carbons (Fsp3) is 0.333. The van der Waals surface area contributed by atoms with E-state index in [4.69, 9.17) is 15.2 Å².